The molecule has 1 N–H and O–H groups in total. The molecule has 1 aliphatic carbocycles. The molecule has 140 valence electrons. The van der Waals surface area contributed by atoms with Gasteiger partial charge in [0.05, 0.1) is 7.11 Å². The molecule has 0 bridgehead atoms. The van der Waals surface area contributed by atoms with Crippen molar-refractivity contribution in [2.24, 2.45) is 5.92 Å². The number of esters is 1. The van der Waals surface area contributed by atoms with E-state index < -0.39 is 17.5 Å². The van der Waals surface area contributed by atoms with Crippen LogP contribution in [0.25, 0.3) is 0 Å². The van der Waals surface area contributed by atoms with Gasteiger partial charge in [-0.3, -0.25) is 14.5 Å². The molecule has 1 aromatic carbocycles. The third-order valence-electron chi connectivity index (χ3n) is 5.37. The number of urea groups is 1. The molecule has 3 amide bonds. The standard InChI is InChI=1S/C19H24N2O5/c1-13-7-5-6-10-19(13)17(23)21(18(24)20-19)11-16(22)26-12-14-8-3-4-9-15(14)25-2/h3-4,8-9,13H,5-7,10-12H2,1-2H3,(H,20,24)/t13-,19-/m0/s1. The molecule has 0 aromatic heterocycles. The lowest BCUT2D eigenvalue weighted by Crippen LogP contribution is -2.54. The third-order valence-corrected chi connectivity index (χ3v) is 5.37. The van der Waals surface area contributed by atoms with E-state index in [2.05, 4.69) is 5.32 Å². The van der Waals surface area contributed by atoms with Gasteiger partial charge in [0.2, 0.25) is 0 Å². The first kappa shape index (κ1) is 18.2. The van der Waals surface area contributed by atoms with E-state index >= 15 is 0 Å². The van der Waals surface area contributed by atoms with Gasteiger partial charge in [-0.1, -0.05) is 38.0 Å². The molecule has 2 fully saturated rings. The fraction of sp³-hybridized carbons (Fsp3) is 0.526. The molecule has 7 nitrogen and oxygen atoms in total. The van der Waals surface area contributed by atoms with Crippen LogP contribution in [0, 0.1) is 5.92 Å². The van der Waals surface area contributed by atoms with E-state index in [1.807, 2.05) is 19.1 Å². The summed E-state index contributed by atoms with van der Waals surface area (Å²) in [6.07, 6.45) is 3.44. The van der Waals surface area contributed by atoms with E-state index in [4.69, 9.17) is 9.47 Å². The van der Waals surface area contributed by atoms with E-state index in [-0.39, 0.29) is 25.0 Å². The van der Waals surface area contributed by atoms with E-state index in [9.17, 15) is 14.4 Å². The summed E-state index contributed by atoms with van der Waals surface area (Å²) in [5.41, 5.74) is -0.143. The highest BCUT2D eigenvalue weighted by Gasteiger charge is 2.55. The maximum Gasteiger partial charge on any atom is 0.326 e. The predicted molar refractivity (Wildman–Crippen MR) is 93.4 cm³/mol. The summed E-state index contributed by atoms with van der Waals surface area (Å²) in [4.78, 5) is 38.3. The van der Waals surface area contributed by atoms with Crippen molar-refractivity contribution < 1.29 is 23.9 Å². The normalized spacial score (nSPS) is 25.3. The monoisotopic (exact) mass is 360 g/mol. The van der Waals surface area contributed by atoms with Crippen molar-refractivity contribution in [1.29, 1.82) is 0 Å². The van der Waals surface area contributed by atoms with E-state index in [0.29, 0.717) is 12.2 Å². The number of rotatable bonds is 5. The average molecular weight is 360 g/mol. The van der Waals surface area contributed by atoms with Crippen molar-refractivity contribution in [3.05, 3.63) is 29.8 Å². The number of benzene rings is 1. The summed E-state index contributed by atoms with van der Waals surface area (Å²) in [7, 11) is 1.54. The topological polar surface area (TPSA) is 84.9 Å². The Kier molecular flexibility index (Phi) is 5.15. The molecular formula is C19H24N2O5. The smallest absolute Gasteiger partial charge is 0.326 e. The lowest BCUT2D eigenvalue weighted by molar-refractivity contribution is -0.149. The predicted octanol–water partition coefficient (Wildman–Crippen LogP) is 2.24. The Labute approximate surface area is 152 Å². The minimum Gasteiger partial charge on any atom is -0.496 e. The van der Waals surface area contributed by atoms with Gasteiger partial charge in [0.25, 0.3) is 5.91 Å². The van der Waals surface area contributed by atoms with Crippen molar-refractivity contribution in [3.63, 3.8) is 0 Å². The number of nitrogens with zero attached hydrogens (tertiary/aromatic N) is 1. The van der Waals surface area contributed by atoms with Crippen LogP contribution in [0.5, 0.6) is 5.75 Å². The molecular weight excluding hydrogens is 336 g/mol. The summed E-state index contributed by atoms with van der Waals surface area (Å²) in [5.74, 6) is -0.267. The van der Waals surface area contributed by atoms with E-state index in [0.717, 1.165) is 29.7 Å². The number of carbonyl (C=O) groups is 3. The summed E-state index contributed by atoms with van der Waals surface area (Å²) in [6, 6.07) is 6.69. The Bertz CT molecular complexity index is 720. The zero-order chi connectivity index (χ0) is 18.7. The summed E-state index contributed by atoms with van der Waals surface area (Å²) < 4.78 is 10.5. The van der Waals surface area contributed by atoms with Crippen LogP contribution in [-0.2, 0) is 20.9 Å². The van der Waals surface area contributed by atoms with Gasteiger partial charge < -0.3 is 14.8 Å². The molecule has 0 unspecified atom stereocenters. The molecule has 26 heavy (non-hydrogen) atoms. The fourth-order valence-corrected chi connectivity index (χ4v) is 3.79. The second-order valence-corrected chi connectivity index (χ2v) is 6.91. The number of ether oxygens (including phenoxy) is 2. The quantitative estimate of drug-likeness (QED) is 0.643. The number of carbonyl (C=O) groups excluding carboxylic acids is 3. The first-order valence-corrected chi connectivity index (χ1v) is 8.89. The zero-order valence-corrected chi connectivity index (χ0v) is 15.1. The van der Waals surface area contributed by atoms with Crippen molar-refractivity contribution in [2.45, 2.75) is 44.8 Å². The van der Waals surface area contributed by atoms with Gasteiger partial charge in [0.1, 0.15) is 24.4 Å². The molecule has 0 radical (unpaired) electrons. The van der Waals surface area contributed by atoms with Gasteiger partial charge in [0.15, 0.2) is 0 Å². The largest absolute Gasteiger partial charge is 0.496 e. The highest BCUT2D eigenvalue weighted by atomic mass is 16.5. The van der Waals surface area contributed by atoms with Crippen LogP contribution in [0.15, 0.2) is 24.3 Å². The van der Waals surface area contributed by atoms with Gasteiger partial charge in [-0.15, -0.1) is 0 Å². The van der Waals surface area contributed by atoms with Crippen LogP contribution in [0.1, 0.15) is 38.2 Å². The minimum absolute atomic E-state index is 0.0219. The maximum absolute atomic E-state index is 12.8. The second-order valence-electron chi connectivity index (χ2n) is 6.91. The Hall–Kier alpha value is -2.57. The third kappa shape index (κ3) is 3.25. The number of hydrogen-bond acceptors (Lipinski definition) is 5. The van der Waals surface area contributed by atoms with Crippen LogP contribution >= 0.6 is 0 Å². The van der Waals surface area contributed by atoms with Crippen LogP contribution < -0.4 is 10.1 Å². The lowest BCUT2D eigenvalue weighted by Gasteiger charge is -2.36. The molecule has 3 rings (SSSR count). The molecule has 1 saturated heterocycles. The van der Waals surface area contributed by atoms with Crippen LogP contribution in [0.2, 0.25) is 0 Å². The van der Waals surface area contributed by atoms with Gasteiger partial charge >= 0.3 is 12.0 Å². The summed E-state index contributed by atoms with van der Waals surface area (Å²) >= 11 is 0. The Morgan fingerprint density at radius 1 is 1.31 bits per heavy atom. The Morgan fingerprint density at radius 3 is 2.81 bits per heavy atom. The molecule has 1 spiro atoms. The van der Waals surface area contributed by atoms with Crippen molar-refractivity contribution in [2.75, 3.05) is 13.7 Å². The van der Waals surface area contributed by atoms with Crippen LogP contribution in [0.4, 0.5) is 4.79 Å². The first-order chi connectivity index (χ1) is 12.5. The van der Waals surface area contributed by atoms with Crippen molar-refractivity contribution in [3.8, 4) is 5.75 Å². The number of para-hydroxylation sites is 1. The number of imide groups is 1. The lowest BCUT2D eigenvalue weighted by atomic mass is 9.73. The summed E-state index contributed by atoms with van der Waals surface area (Å²) in [5, 5.41) is 2.83. The molecule has 1 aliphatic heterocycles. The SMILES string of the molecule is COc1ccccc1COC(=O)CN1C(=O)N[C@]2(CCCC[C@@H]2C)C1=O. The van der Waals surface area contributed by atoms with Gasteiger partial charge in [-0.05, 0) is 24.8 Å². The first-order valence-electron chi connectivity index (χ1n) is 8.89. The number of methoxy groups -OCH3 is 1. The number of amides is 3. The summed E-state index contributed by atoms with van der Waals surface area (Å²) in [6.45, 7) is 1.61. The fourth-order valence-electron chi connectivity index (χ4n) is 3.79. The van der Waals surface area contributed by atoms with Gasteiger partial charge in [-0.2, -0.15) is 0 Å². The Balaban J connectivity index is 1.62. The zero-order valence-electron chi connectivity index (χ0n) is 15.1. The van der Waals surface area contributed by atoms with Crippen molar-refractivity contribution >= 4 is 17.9 Å². The Morgan fingerprint density at radius 2 is 2.08 bits per heavy atom. The van der Waals surface area contributed by atoms with Crippen molar-refractivity contribution in [1.82, 2.24) is 10.2 Å². The highest BCUT2D eigenvalue weighted by molar-refractivity contribution is 6.08. The number of hydrogen-bond donors (Lipinski definition) is 1. The number of nitrogens with one attached hydrogen (secondary N) is 1. The molecule has 2 atom stereocenters. The molecule has 7 heteroatoms. The maximum atomic E-state index is 12.8. The van der Waals surface area contributed by atoms with Crippen LogP contribution in [0.3, 0.4) is 0 Å². The minimum atomic E-state index is -0.863. The van der Waals surface area contributed by atoms with Crippen LogP contribution in [-0.4, -0.2) is 42.0 Å². The van der Waals surface area contributed by atoms with Gasteiger partial charge in [-0.25, -0.2) is 4.79 Å². The van der Waals surface area contributed by atoms with E-state index in [1.165, 1.54) is 0 Å². The second kappa shape index (κ2) is 7.35. The molecule has 1 aromatic rings. The molecule has 1 saturated carbocycles. The highest BCUT2D eigenvalue weighted by Crippen LogP contribution is 2.38. The molecule has 1 heterocycles. The average Bonchev–Trinajstić information content (AvgIpc) is 2.87. The van der Waals surface area contributed by atoms with E-state index in [1.54, 1.807) is 19.2 Å². The molecule has 2 aliphatic rings. The van der Waals surface area contributed by atoms with Gasteiger partial charge in [0, 0.05) is 5.56 Å².